The van der Waals surface area contributed by atoms with E-state index in [1.807, 2.05) is 34.5 Å². The van der Waals surface area contributed by atoms with Gasteiger partial charge in [0.25, 0.3) is 5.91 Å². The van der Waals surface area contributed by atoms with Crippen LogP contribution in [0.4, 0.5) is 0 Å². The summed E-state index contributed by atoms with van der Waals surface area (Å²) in [6, 6.07) is 12.6. The summed E-state index contributed by atoms with van der Waals surface area (Å²) >= 11 is 1.68. The molecule has 0 bridgehead atoms. The Morgan fingerprint density at radius 1 is 1.21 bits per heavy atom. The fourth-order valence-electron chi connectivity index (χ4n) is 4.88. The van der Waals surface area contributed by atoms with Crippen molar-refractivity contribution >= 4 is 34.2 Å². The average Bonchev–Trinajstić information content (AvgIpc) is 3.48. The van der Waals surface area contributed by atoms with Crippen LogP contribution in [0.3, 0.4) is 0 Å². The summed E-state index contributed by atoms with van der Waals surface area (Å²) in [6.07, 6.45) is 3.96. The van der Waals surface area contributed by atoms with Crippen LogP contribution in [0.2, 0.25) is 0 Å². The number of carbonyl (C=O) groups excluding carboxylic acids is 1. The second-order valence-corrected chi connectivity index (χ2v) is 9.59. The Morgan fingerprint density at radius 2 is 2.06 bits per heavy atom. The number of benzene rings is 2. The Balaban J connectivity index is 1.29. The highest BCUT2D eigenvalue weighted by Gasteiger charge is 2.40. The second-order valence-electron chi connectivity index (χ2n) is 8.56. The molecule has 3 aliphatic rings. The van der Waals surface area contributed by atoms with E-state index in [1.54, 1.807) is 11.8 Å². The molecule has 1 aromatic heterocycles. The number of amides is 1. The van der Waals surface area contributed by atoms with Crippen molar-refractivity contribution in [3.63, 3.8) is 0 Å². The zero-order chi connectivity index (χ0) is 22.5. The number of aromatic nitrogens is 2. The van der Waals surface area contributed by atoms with Gasteiger partial charge in [-0.15, -0.1) is 11.8 Å². The van der Waals surface area contributed by atoms with Crippen molar-refractivity contribution in [1.82, 2.24) is 19.4 Å². The lowest BCUT2D eigenvalue weighted by Crippen LogP contribution is -2.40. The summed E-state index contributed by atoms with van der Waals surface area (Å²) in [5.74, 6) is 0.900. The van der Waals surface area contributed by atoms with Gasteiger partial charge in [0.15, 0.2) is 0 Å². The molecular weight excluding hydrogens is 434 g/mol. The van der Waals surface area contributed by atoms with Crippen LogP contribution < -0.4 is 4.74 Å². The van der Waals surface area contributed by atoms with Gasteiger partial charge in [0, 0.05) is 25.7 Å². The third-order valence-electron chi connectivity index (χ3n) is 6.62. The van der Waals surface area contributed by atoms with Crippen molar-refractivity contribution in [3.8, 4) is 16.9 Å². The largest absolute Gasteiger partial charge is 0.491 e. The number of ether oxygens (including phenoxy) is 1. The lowest BCUT2D eigenvalue weighted by Gasteiger charge is -2.28. The number of imidazole rings is 1. The van der Waals surface area contributed by atoms with Crippen LogP contribution in [0.5, 0.6) is 5.75 Å². The molecule has 6 rings (SSSR count). The van der Waals surface area contributed by atoms with Gasteiger partial charge in [0.2, 0.25) is 0 Å². The Kier molecular flexibility index (Phi) is 4.90. The highest BCUT2D eigenvalue weighted by atomic mass is 32.2. The van der Waals surface area contributed by atoms with Crippen LogP contribution in [0.25, 0.3) is 22.2 Å². The van der Waals surface area contributed by atoms with Gasteiger partial charge in [-0.2, -0.15) is 0 Å². The first kappa shape index (κ1) is 20.4. The molecule has 3 aromatic rings. The van der Waals surface area contributed by atoms with E-state index in [0.29, 0.717) is 19.7 Å². The summed E-state index contributed by atoms with van der Waals surface area (Å²) in [5, 5.41) is 0.229. The van der Waals surface area contributed by atoms with Crippen molar-refractivity contribution in [1.29, 1.82) is 0 Å². The number of hydrogen-bond acceptors (Lipinski definition) is 6. The van der Waals surface area contributed by atoms with Gasteiger partial charge in [-0.25, -0.2) is 4.98 Å². The highest BCUT2D eigenvalue weighted by molar-refractivity contribution is 8.13. The van der Waals surface area contributed by atoms with E-state index in [9.17, 15) is 4.79 Å². The fourth-order valence-corrected chi connectivity index (χ4v) is 5.78. The highest BCUT2D eigenvalue weighted by Crippen LogP contribution is 2.36. The number of nitrogens with zero attached hydrogens (tertiary/aromatic N) is 5. The number of thioether (sulfide) groups is 1. The molecule has 0 radical (unpaired) electrons. The smallest absolute Gasteiger partial charge is 0.270 e. The van der Waals surface area contributed by atoms with Crippen molar-refractivity contribution in [3.05, 3.63) is 60.1 Å². The predicted octanol–water partition coefficient (Wildman–Crippen LogP) is 3.65. The Labute approximate surface area is 196 Å². The molecule has 0 N–H and O–H groups in total. The van der Waals surface area contributed by atoms with Gasteiger partial charge < -0.3 is 19.1 Å². The lowest BCUT2D eigenvalue weighted by molar-refractivity contribution is -0.129. The maximum Gasteiger partial charge on any atom is 0.270 e. The summed E-state index contributed by atoms with van der Waals surface area (Å²) in [7, 11) is 2.00. The van der Waals surface area contributed by atoms with Crippen molar-refractivity contribution in [2.75, 3.05) is 19.7 Å². The van der Waals surface area contributed by atoms with E-state index >= 15 is 0 Å². The molecule has 0 fully saturated rings. The van der Waals surface area contributed by atoms with E-state index in [1.165, 1.54) is 0 Å². The number of aryl methyl sites for hydroxylation is 1. The van der Waals surface area contributed by atoms with Gasteiger partial charge in [0.05, 0.1) is 34.7 Å². The number of aliphatic imine (C=N–C) groups is 1. The van der Waals surface area contributed by atoms with E-state index < -0.39 is 0 Å². The van der Waals surface area contributed by atoms with Crippen LogP contribution in [-0.4, -0.2) is 61.9 Å². The summed E-state index contributed by atoms with van der Waals surface area (Å²) in [5.41, 5.74) is 7.95. The molecule has 8 heteroatoms. The minimum atomic E-state index is 0.0441. The monoisotopic (exact) mass is 459 g/mol. The molecule has 0 spiro atoms. The van der Waals surface area contributed by atoms with Gasteiger partial charge >= 0.3 is 0 Å². The molecule has 4 heterocycles. The molecule has 2 unspecified atom stereocenters. The standard InChI is InChI=1S/C25H25N5O2S/c1-3-30-21(12-23-24(30)27-15-33-23)25(31)29-8-9-32-22-7-5-16(10-18(22)13-29)17-4-6-20-19(11-17)26-14-28(20)2/h4-7,10-12,14-15,23-24H,3,8-9,13H2,1-2H3. The molecule has 33 heavy (non-hydrogen) atoms. The zero-order valence-corrected chi connectivity index (χ0v) is 19.5. The fraction of sp³-hybridized carbons (Fsp3) is 0.320. The van der Waals surface area contributed by atoms with E-state index in [4.69, 9.17) is 4.74 Å². The Hall–Kier alpha value is -3.26. The topological polar surface area (TPSA) is 63.0 Å². The van der Waals surface area contributed by atoms with E-state index in [2.05, 4.69) is 58.2 Å². The first-order valence-corrected chi connectivity index (χ1v) is 12.2. The summed E-state index contributed by atoms with van der Waals surface area (Å²) < 4.78 is 8.03. The minimum Gasteiger partial charge on any atom is -0.491 e. The average molecular weight is 460 g/mol. The predicted molar refractivity (Wildman–Crippen MR) is 131 cm³/mol. The SMILES string of the molecule is CCN1C(C(=O)N2CCOc3ccc(-c4ccc5c(c4)ncn5C)cc3C2)=CC2SC=NC21. The van der Waals surface area contributed by atoms with Crippen LogP contribution in [0.1, 0.15) is 12.5 Å². The summed E-state index contributed by atoms with van der Waals surface area (Å²) in [6.45, 7) is 4.40. The van der Waals surface area contributed by atoms with Gasteiger partial charge in [-0.3, -0.25) is 9.79 Å². The van der Waals surface area contributed by atoms with Crippen LogP contribution in [0.15, 0.2) is 59.5 Å². The Morgan fingerprint density at radius 3 is 2.94 bits per heavy atom. The molecule has 1 amide bonds. The number of fused-ring (bicyclic) bond motifs is 3. The van der Waals surface area contributed by atoms with E-state index in [0.717, 1.165) is 45.7 Å². The lowest BCUT2D eigenvalue weighted by atomic mass is 10.0. The third kappa shape index (κ3) is 3.40. The first-order chi connectivity index (χ1) is 16.1. The van der Waals surface area contributed by atoms with E-state index in [-0.39, 0.29) is 17.3 Å². The molecule has 168 valence electrons. The zero-order valence-electron chi connectivity index (χ0n) is 18.6. The minimum absolute atomic E-state index is 0.0441. The third-order valence-corrected chi connectivity index (χ3v) is 7.56. The van der Waals surface area contributed by atoms with Crippen molar-refractivity contribution in [2.45, 2.75) is 24.9 Å². The molecule has 2 aromatic carbocycles. The number of carbonyl (C=O) groups is 1. The number of likely N-dealkylation sites (N-methyl/N-ethyl adjacent to an activating group) is 1. The second kappa shape index (κ2) is 7.95. The maximum atomic E-state index is 13.6. The Bertz CT molecular complexity index is 1310. The van der Waals surface area contributed by atoms with Crippen molar-refractivity contribution in [2.24, 2.45) is 12.0 Å². The molecule has 3 aliphatic heterocycles. The quantitative estimate of drug-likeness (QED) is 0.598. The molecule has 0 aliphatic carbocycles. The maximum absolute atomic E-state index is 13.6. The van der Waals surface area contributed by atoms with Gasteiger partial charge in [-0.1, -0.05) is 12.1 Å². The molecule has 0 saturated heterocycles. The molecule has 7 nitrogen and oxygen atoms in total. The van der Waals surface area contributed by atoms with Crippen LogP contribution in [-0.2, 0) is 18.4 Å². The molecule has 0 saturated carbocycles. The van der Waals surface area contributed by atoms with Crippen molar-refractivity contribution < 1.29 is 9.53 Å². The summed E-state index contributed by atoms with van der Waals surface area (Å²) in [4.78, 5) is 26.6. The molecular formula is C25H25N5O2S. The van der Waals surface area contributed by atoms with Crippen LogP contribution in [0, 0.1) is 0 Å². The molecule has 2 atom stereocenters. The number of rotatable bonds is 3. The van der Waals surface area contributed by atoms with Crippen LogP contribution >= 0.6 is 11.8 Å². The van der Waals surface area contributed by atoms with Gasteiger partial charge in [-0.05, 0) is 48.4 Å². The first-order valence-electron chi connectivity index (χ1n) is 11.2. The number of hydrogen-bond donors (Lipinski definition) is 0. The normalized spacial score (nSPS) is 21.6. The van der Waals surface area contributed by atoms with Gasteiger partial charge in [0.1, 0.15) is 24.2 Å².